The summed E-state index contributed by atoms with van der Waals surface area (Å²) in [5.74, 6) is 5.11. The van der Waals surface area contributed by atoms with Crippen molar-refractivity contribution < 1.29 is 9.18 Å². The lowest BCUT2D eigenvalue weighted by Crippen LogP contribution is -2.27. The number of carbonyl (C=O) groups is 1. The fraction of sp³-hybridized carbons (Fsp3) is 0.192. The Morgan fingerprint density at radius 1 is 1.24 bits per heavy atom. The molecule has 2 aromatic rings. The number of rotatable bonds is 3. The number of anilines is 1. The van der Waals surface area contributed by atoms with Crippen molar-refractivity contribution in [3.63, 3.8) is 0 Å². The molecule has 0 aromatic heterocycles. The lowest BCUT2D eigenvalue weighted by Gasteiger charge is -2.18. The van der Waals surface area contributed by atoms with E-state index >= 15 is 0 Å². The number of thiol groups is 1. The van der Waals surface area contributed by atoms with Crippen LogP contribution in [0.5, 0.6) is 0 Å². The third-order valence-corrected chi connectivity index (χ3v) is 7.94. The summed E-state index contributed by atoms with van der Waals surface area (Å²) in [4.78, 5) is 19.6. The maximum absolute atomic E-state index is 13.6. The van der Waals surface area contributed by atoms with Crippen LogP contribution in [0, 0.1) is 17.7 Å². The van der Waals surface area contributed by atoms with Gasteiger partial charge in [-0.15, -0.1) is 12.6 Å². The van der Waals surface area contributed by atoms with E-state index in [4.69, 9.17) is 0 Å². The Hall–Kier alpha value is -2.53. The number of para-hydroxylation sites is 1. The van der Waals surface area contributed by atoms with Crippen molar-refractivity contribution in [2.24, 2.45) is 0 Å². The molecule has 2 aromatic carbocycles. The summed E-state index contributed by atoms with van der Waals surface area (Å²) >= 11 is 7.79. The molecule has 168 valence electrons. The predicted molar refractivity (Wildman–Crippen MR) is 140 cm³/mol. The molecule has 4 rings (SSSR count). The second kappa shape index (κ2) is 10.6. The van der Waals surface area contributed by atoms with E-state index in [-0.39, 0.29) is 11.7 Å². The lowest BCUT2D eigenvalue weighted by molar-refractivity contribution is -0.122. The van der Waals surface area contributed by atoms with Crippen molar-refractivity contribution >= 4 is 47.7 Å². The highest BCUT2D eigenvalue weighted by atomic mass is 32.2. The number of halogens is 1. The number of allylic oxidation sites excluding steroid dienone is 3. The number of thioether (sulfide) groups is 2. The van der Waals surface area contributed by atoms with Gasteiger partial charge in [0.05, 0.1) is 15.7 Å². The van der Waals surface area contributed by atoms with Crippen molar-refractivity contribution in [2.75, 3.05) is 18.5 Å². The zero-order valence-electron chi connectivity index (χ0n) is 18.3. The molecule has 33 heavy (non-hydrogen) atoms. The topological polar surface area (TPSA) is 23.6 Å². The average Bonchev–Trinajstić information content (AvgIpc) is 2.97. The predicted octanol–water partition coefficient (Wildman–Crippen LogP) is 6.45. The van der Waals surface area contributed by atoms with E-state index < -0.39 is 0 Å². The van der Waals surface area contributed by atoms with Crippen LogP contribution in [0.3, 0.4) is 0 Å². The van der Waals surface area contributed by atoms with Gasteiger partial charge in [-0.1, -0.05) is 47.7 Å². The molecule has 2 heterocycles. The second-order valence-electron chi connectivity index (χ2n) is 7.43. The maximum atomic E-state index is 13.6. The van der Waals surface area contributed by atoms with Crippen LogP contribution >= 0.6 is 36.2 Å². The molecule has 0 N–H and O–H groups in total. The van der Waals surface area contributed by atoms with E-state index in [0.717, 1.165) is 38.9 Å². The van der Waals surface area contributed by atoms with Gasteiger partial charge in [0.15, 0.2) is 0 Å². The van der Waals surface area contributed by atoms with Gasteiger partial charge in [-0.2, -0.15) is 0 Å². The van der Waals surface area contributed by atoms with Gasteiger partial charge in [0.25, 0.3) is 0 Å². The summed E-state index contributed by atoms with van der Waals surface area (Å²) in [5, 5.41) is 1.52. The van der Waals surface area contributed by atoms with E-state index in [2.05, 4.69) is 47.6 Å². The third-order valence-electron chi connectivity index (χ3n) is 5.27. The quantitative estimate of drug-likeness (QED) is 0.391. The molecule has 7 heteroatoms. The molecular weight excluding hydrogens is 471 g/mol. The van der Waals surface area contributed by atoms with Gasteiger partial charge in [-0.05, 0) is 61.7 Å². The molecule has 2 aliphatic rings. The molecule has 0 unspecified atom stereocenters. The zero-order chi connectivity index (χ0) is 23.4. The highest BCUT2D eigenvalue weighted by Gasteiger charge is 2.20. The molecule has 0 bridgehead atoms. The maximum Gasteiger partial charge on any atom is 0.303 e. The van der Waals surface area contributed by atoms with E-state index in [9.17, 15) is 9.18 Å². The van der Waals surface area contributed by atoms with Gasteiger partial charge in [0, 0.05) is 40.3 Å². The normalized spacial score (nSPS) is 16.4. The third kappa shape index (κ3) is 5.52. The number of amides is 1. The van der Waals surface area contributed by atoms with Gasteiger partial charge >= 0.3 is 5.91 Å². The van der Waals surface area contributed by atoms with E-state index in [1.807, 2.05) is 32.2 Å². The van der Waals surface area contributed by atoms with Gasteiger partial charge < -0.3 is 4.90 Å². The fourth-order valence-electron chi connectivity index (χ4n) is 3.56. The van der Waals surface area contributed by atoms with Gasteiger partial charge in [-0.25, -0.2) is 4.39 Å². The van der Waals surface area contributed by atoms with Crippen molar-refractivity contribution in [3.8, 4) is 11.8 Å². The lowest BCUT2D eigenvalue weighted by atomic mass is 10.1. The van der Waals surface area contributed by atoms with E-state index in [1.54, 1.807) is 46.6 Å². The highest BCUT2D eigenvalue weighted by molar-refractivity contribution is 8.03. The first kappa shape index (κ1) is 23.6. The van der Waals surface area contributed by atoms with Crippen molar-refractivity contribution in [1.29, 1.82) is 0 Å². The first-order chi connectivity index (χ1) is 16.0. The highest BCUT2D eigenvalue weighted by Crippen LogP contribution is 2.44. The fourth-order valence-corrected chi connectivity index (χ4v) is 6.11. The summed E-state index contributed by atoms with van der Waals surface area (Å²) in [7, 11) is 1.99. The van der Waals surface area contributed by atoms with Gasteiger partial charge in [-0.3, -0.25) is 9.69 Å². The summed E-state index contributed by atoms with van der Waals surface area (Å²) in [5.41, 5.74) is 2.13. The molecule has 0 fully saturated rings. The number of fused-ring (bicyclic) bond motifs is 2. The van der Waals surface area contributed by atoms with Crippen LogP contribution in [0.1, 0.15) is 18.9 Å². The van der Waals surface area contributed by atoms with Crippen LogP contribution in [0.15, 0.2) is 85.4 Å². The standard InChI is InChI=1S/C26H23FN2OS3/c1-3-29(24(30)12-7-13-26-28(2)21-10-4-5-11-23(21)33-26)25(31)17-20-9-6-8-18-16-19(27)14-15-22(18)32-20/h4-5,9-11,13-17,31H,3,6,8H2,1-2H3/b25-17-,26-13-. The number of benzene rings is 2. The number of carbonyl (C=O) groups excluding carboxylic acids is 1. The summed E-state index contributed by atoms with van der Waals surface area (Å²) in [6, 6.07) is 13.0. The Morgan fingerprint density at radius 2 is 2.06 bits per heavy atom. The second-order valence-corrected chi connectivity index (χ2v) is 10.1. The molecule has 0 atom stereocenters. The Morgan fingerprint density at radius 3 is 2.85 bits per heavy atom. The van der Waals surface area contributed by atoms with Gasteiger partial charge in [0.2, 0.25) is 0 Å². The summed E-state index contributed by atoms with van der Waals surface area (Å²) < 4.78 is 13.6. The average molecular weight is 495 g/mol. The minimum atomic E-state index is -0.305. The molecule has 0 saturated heterocycles. The molecule has 0 radical (unpaired) electrons. The Bertz CT molecular complexity index is 1240. The smallest absolute Gasteiger partial charge is 0.303 e. The first-order valence-electron chi connectivity index (χ1n) is 10.6. The Labute approximate surface area is 208 Å². The molecule has 0 saturated carbocycles. The van der Waals surface area contributed by atoms with Crippen LogP contribution in [0.25, 0.3) is 0 Å². The van der Waals surface area contributed by atoms with Crippen LogP contribution in [-0.4, -0.2) is 24.4 Å². The van der Waals surface area contributed by atoms with Crippen LogP contribution < -0.4 is 4.90 Å². The Kier molecular flexibility index (Phi) is 7.59. The first-order valence-corrected chi connectivity index (χ1v) is 12.6. The largest absolute Gasteiger partial charge is 0.338 e. The number of hydrogen-bond donors (Lipinski definition) is 1. The summed E-state index contributed by atoms with van der Waals surface area (Å²) in [6.07, 6.45) is 7.34. The molecule has 2 aliphatic heterocycles. The van der Waals surface area contributed by atoms with Gasteiger partial charge in [0.1, 0.15) is 5.82 Å². The van der Waals surface area contributed by atoms with Crippen molar-refractivity contribution in [1.82, 2.24) is 4.90 Å². The number of hydrogen-bond acceptors (Lipinski definition) is 5. The van der Waals surface area contributed by atoms with E-state index in [1.165, 1.54) is 11.0 Å². The minimum absolute atomic E-state index is 0.217. The molecule has 1 amide bonds. The monoisotopic (exact) mass is 494 g/mol. The molecule has 3 nitrogen and oxygen atoms in total. The number of nitrogens with zero attached hydrogens (tertiary/aromatic N) is 2. The Balaban J connectivity index is 1.46. The van der Waals surface area contributed by atoms with Crippen LogP contribution in [0.4, 0.5) is 10.1 Å². The SMILES string of the molecule is CCN(C(=O)C#C/C=C1\Sc2ccccc2N1C)/C(S)=C/C1=CCCc2cc(F)ccc2S1. The molecular formula is C26H23FN2OS3. The van der Waals surface area contributed by atoms with Crippen molar-refractivity contribution in [2.45, 2.75) is 29.6 Å². The van der Waals surface area contributed by atoms with Crippen molar-refractivity contribution in [3.05, 3.63) is 87.0 Å². The zero-order valence-corrected chi connectivity index (χ0v) is 20.9. The summed E-state index contributed by atoms with van der Waals surface area (Å²) in [6.45, 7) is 2.35. The van der Waals surface area contributed by atoms with Crippen LogP contribution in [-0.2, 0) is 11.2 Å². The van der Waals surface area contributed by atoms with E-state index in [0.29, 0.717) is 11.6 Å². The molecule has 0 aliphatic carbocycles. The van der Waals surface area contributed by atoms with Crippen LogP contribution in [0.2, 0.25) is 0 Å². The molecule has 0 spiro atoms. The number of aryl methyl sites for hydroxylation is 1. The minimum Gasteiger partial charge on any atom is -0.338 e.